The molecule has 0 N–H and O–H groups in total. The zero-order valence-corrected chi connectivity index (χ0v) is 28.0. The van der Waals surface area contributed by atoms with E-state index in [0.717, 1.165) is 26.2 Å². The van der Waals surface area contributed by atoms with E-state index in [-0.39, 0.29) is 5.56 Å². The van der Waals surface area contributed by atoms with Crippen molar-refractivity contribution >= 4 is 51.8 Å². The Kier molecular flexibility index (Phi) is 7.95. The molecule has 0 fully saturated rings. The number of rotatable bonds is 5. The summed E-state index contributed by atoms with van der Waals surface area (Å²) < 4.78 is 5.86. The Balaban J connectivity index is 1.34. The molecule has 7 rings (SSSR count). The van der Waals surface area contributed by atoms with Crippen molar-refractivity contribution in [3.63, 3.8) is 0 Å². The molecule has 0 saturated heterocycles. The van der Waals surface area contributed by atoms with Crippen LogP contribution in [0.3, 0.4) is 0 Å². The molecule has 0 atom stereocenters. The highest BCUT2D eigenvalue weighted by Crippen LogP contribution is 2.49. The Labute approximate surface area is 271 Å². The van der Waals surface area contributed by atoms with Crippen LogP contribution in [0.1, 0.15) is 42.3 Å². The standard InChI is InChI=1S/C37H36N3OS3/c1-5-24(22-30-38(2)29-21-20-25-14-12-13-19-28(25)36(29)44-30)35-37(41)40(4)32(43-35)23-31-39(3)33(26-15-8-6-9-16-26)34(42-31)27-17-10-7-11-18-27/h6-11,15-18,20-23H,5,12-14,19H2,1-4H3/q+1/b30-22-,35-24-. The van der Waals surface area contributed by atoms with Gasteiger partial charge in [-0.05, 0) is 78.6 Å². The van der Waals surface area contributed by atoms with Gasteiger partial charge in [0, 0.05) is 24.6 Å². The van der Waals surface area contributed by atoms with E-state index in [2.05, 4.69) is 115 Å². The first-order chi connectivity index (χ1) is 21.4. The Hall–Kier alpha value is -3.65. The van der Waals surface area contributed by atoms with Crippen LogP contribution in [0, 0.1) is 0 Å². The van der Waals surface area contributed by atoms with Crippen LogP contribution < -0.4 is 24.2 Å². The first-order valence-electron chi connectivity index (χ1n) is 15.3. The molecule has 3 heterocycles. The quantitative estimate of drug-likeness (QED) is 0.195. The average Bonchev–Trinajstić information content (AvgIpc) is 3.67. The van der Waals surface area contributed by atoms with Gasteiger partial charge in [0.1, 0.15) is 16.6 Å². The van der Waals surface area contributed by atoms with Gasteiger partial charge in [-0.1, -0.05) is 84.6 Å². The van der Waals surface area contributed by atoms with Gasteiger partial charge in [0.05, 0.1) is 21.3 Å². The van der Waals surface area contributed by atoms with Crippen molar-refractivity contribution < 1.29 is 4.57 Å². The topological polar surface area (TPSA) is 29.1 Å². The van der Waals surface area contributed by atoms with E-state index in [0.29, 0.717) is 0 Å². The number of thioether (sulfide) groups is 1. The van der Waals surface area contributed by atoms with E-state index in [1.807, 2.05) is 23.4 Å². The number of aryl methyl sites for hydroxylation is 1. The third-order valence-corrected chi connectivity index (χ3v) is 12.5. The SMILES string of the molecule is CCC(/C=C1\Sc2c(ccc3c2CCCC3)N1C)=c1/s/c(=C/c2sc(-c3ccccc3)c(-c3ccccc3)[n+]2C)n(C)c1=O. The minimum Gasteiger partial charge on any atom is -0.338 e. The van der Waals surface area contributed by atoms with Crippen LogP contribution in [-0.2, 0) is 26.9 Å². The number of aromatic nitrogens is 2. The van der Waals surface area contributed by atoms with E-state index in [4.69, 9.17) is 0 Å². The van der Waals surface area contributed by atoms with Gasteiger partial charge in [-0.15, -0.1) is 11.3 Å². The van der Waals surface area contributed by atoms with Crippen LogP contribution in [0.15, 0.2) is 93.6 Å². The Morgan fingerprint density at radius 3 is 2.34 bits per heavy atom. The normalized spacial score (nSPS) is 16.4. The van der Waals surface area contributed by atoms with Crippen LogP contribution in [0.5, 0.6) is 0 Å². The summed E-state index contributed by atoms with van der Waals surface area (Å²) in [5.74, 6) is 0. The summed E-state index contributed by atoms with van der Waals surface area (Å²) in [5.41, 5.74) is 9.06. The van der Waals surface area contributed by atoms with Gasteiger partial charge in [0.15, 0.2) is 0 Å². The number of anilines is 1. The molecule has 7 heteroatoms. The number of benzene rings is 3. The molecule has 0 unspecified atom stereocenters. The molecule has 0 radical (unpaired) electrons. The molecule has 5 aromatic rings. The van der Waals surface area contributed by atoms with Gasteiger partial charge < -0.3 is 9.47 Å². The third kappa shape index (κ3) is 5.11. The lowest BCUT2D eigenvalue weighted by molar-refractivity contribution is -0.656. The number of allylic oxidation sites excluding steroid dienone is 1. The smallest absolute Gasteiger partial charge is 0.269 e. The fraction of sp³-hybridized carbons (Fsp3) is 0.243. The molecule has 2 aliphatic rings. The largest absolute Gasteiger partial charge is 0.338 e. The fourth-order valence-electron chi connectivity index (χ4n) is 6.28. The van der Waals surface area contributed by atoms with Crippen molar-refractivity contribution in [2.75, 3.05) is 11.9 Å². The molecule has 0 saturated carbocycles. The van der Waals surface area contributed by atoms with Crippen LogP contribution in [0.25, 0.3) is 33.3 Å². The van der Waals surface area contributed by atoms with Crippen LogP contribution in [0.4, 0.5) is 5.69 Å². The van der Waals surface area contributed by atoms with E-state index in [1.54, 1.807) is 22.7 Å². The lowest BCUT2D eigenvalue weighted by Gasteiger charge is -2.19. The first-order valence-corrected chi connectivity index (χ1v) is 17.7. The van der Waals surface area contributed by atoms with Gasteiger partial charge in [-0.3, -0.25) is 4.79 Å². The molecule has 4 nitrogen and oxygen atoms in total. The summed E-state index contributed by atoms with van der Waals surface area (Å²) >= 11 is 5.24. The van der Waals surface area contributed by atoms with Crippen LogP contribution >= 0.6 is 34.4 Å². The third-order valence-electron chi connectivity index (χ3n) is 8.78. The summed E-state index contributed by atoms with van der Waals surface area (Å²) in [6, 6.07) is 25.7. The molecule has 44 heavy (non-hydrogen) atoms. The van der Waals surface area contributed by atoms with E-state index < -0.39 is 0 Å². The Bertz CT molecular complexity index is 2090. The van der Waals surface area contributed by atoms with E-state index in [9.17, 15) is 4.79 Å². The molecular formula is C37H36N3OS3+. The Morgan fingerprint density at radius 1 is 0.909 bits per heavy atom. The molecule has 0 amide bonds. The second-order valence-corrected chi connectivity index (χ2v) is 14.6. The first kappa shape index (κ1) is 29.1. The van der Waals surface area contributed by atoms with Gasteiger partial charge in [0.2, 0.25) is 5.69 Å². The highest BCUT2D eigenvalue weighted by molar-refractivity contribution is 8.03. The highest BCUT2D eigenvalue weighted by Gasteiger charge is 2.28. The lowest BCUT2D eigenvalue weighted by atomic mass is 9.91. The van der Waals surface area contributed by atoms with Crippen LogP contribution in [0.2, 0.25) is 0 Å². The zero-order chi connectivity index (χ0) is 30.4. The molecule has 0 bridgehead atoms. The second kappa shape index (κ2) is 12.0. The number of thiazole rings is 2. The lowest BCUT2D eigenvalue weighted by Crippen LogP contribution is -2.33. The summed E-state index contributed by atoms with van der Waals surface area (Å²) in [4.78, 5) is 18.7. The molecule has 222 valence electrons. The monoisotopic (exact) mass is 634 g/mol. The molecule has 3 aromatic carbocycles. The Morgan fingerprint density at radius 2 is 1.61 bits per heavy atom. The predicted molar refractivity (Wildman–Crippen MR) is 188 cm³/mol. The molecular weight excluding hydrogens is 599 g/mol. The van der Waals surface area contributed by atoms with Crippen molar-refractivity contribution in [2.24, 2.45) is 14.1 Å². The minimum absolute atomic E-state index is 0.0706. The maximum atomic E-state index is 13.7. The summed E-state index contributed by atoms with van der Waals surface area (Å²) in [5, 5.41) is 2.30. The van der Waals surface area contributed by atoms with Crippen molar-refractivity contribution in [1.29, 1.82) is 0 Å². The molecule has 1 aliphatic carbocycles. The van der Waals surface area contributed by atoms with Crippen molar-refractivity contribution in [1.82, 2.24) is 4.57 Å². The predicted octanol–water partition coefficient (Wildman–Crippen LogP) is 7.02. The number of nitrogens with zero attached hydrogens (tertiary/aromatic N) is 3. The number of fused-ring (bicyclic) bond motifs is 3. The van der Waals surface area contributed by atoms with Gasteiger partial charge >= 0.3 is 0 Å². The van der Waals surface area contributed by atoms with Gasteiger partial charge in [0.25, 0.3) is 10.6 Å². The maximum absolute atomic E-state index is 13.7. The molecule has 0 spiro atoms. The molecule has 1 aliphatic heterocycles. The number of hydrogen-bond donors (Lipinski definition) is 0. The maximum Gasteiger partial charge on any atom is 0.269 e. The average molecular weight is 635 g/mol. The summed E-state index contributed by atoms with van der Waals surface area (Å²) in [7, 11) is 6.18. The number of hydrogen-bond acceptors (Lipinski definition) is 5. The highest BCUT2D eigenvalue weighted by atomic mass is 32.2. The van der Waals surface area contributed by atoms with Crippen LogP contribution in [-0.4, -0.2) is 11.6 Å². The summed E-state index contributed by atoms with van der Waals surface area (Å²) in [6.45, 7) is 2.15. The van der Waals surface area contributed by atoms with Gasteiger partial charge in [-0.2, -0.15) is 4.57 Å². The van der Waals surface area contributed by atoms with Crippen molar-refractivity contribution in [2.45, 2.75) is 43.9 Å². The van der Waals surface area contributed by atoms with Gasteiger partial charge in [-0.25, -0.2) is 0 Å². The van der Waals surface area contributed by atoms with Crippen molar-refractivity contribution in [3.8, 4) is 21.7 Å². The van der Waals surface area contributed by atoms with E-state index in [1.165, 1.54) is 74.1 Å². The minimum atomic E-state index is 0.0706. The zero-order valence-electron chi connectivity index (χ0n) is 25.6. The molecule has 2 aromatic heterocycles. The second-order valence-electron chi connectivity index (χ2n) is 11.5. The fourth-order valence-corrected chi connectivity index (χ4v) is 10.0. The van der Waals surface area contributed by atoms with Crippen molar-refractivity contribution in [3.05, 3.63) is 120 Å². The summed E-state index contributed by atoms with van der Waals surface area (Å²) in [6.07, 6.45) is 10.1. The van der Waals surface area contributed by atoms with E-state index >= 15 is 0 Å².